The van der Waals surface area contributed by atoms with Crippen LogP contribution >= 0.6 is 0 Å². The standard InChI is InChI=1S/C30H30FN9O2/c1-30(32,22-2-4-24(31)5-3-22)23-12-33-28(34-13-23)19-6-8-38(9-7-19)29-25-10-20(14-39(25)37-18-35-29)21-11-36-40(15-21)26-16-42-17-27(26)41/h2-6,10-15,18,26-27,41H,7-9,16-17,32H2,1H3/t26-,27+,30?/m1/s1. The maximum Gasteiger partial charge on any atom is 0.156 e. The van der Waals surface area contributed by atoms with Gasteiger partial charge in [0, 0.05) is 54.6 Å². The minimum Gasteiger partial charge on any atom is -0.388 e. The summed E-state index contributed by atoms with van der Waals surface area (Å²) in [6.45, 7) is 4.02. The number of aromatic nitrogens is 7. The lowest BCUT2D eigenvalue weighted by atomic mass is 9.87. The minimum atomic E-state index is -0.844. The van der Waals surface area contributed by atoms with Crippen molar-refractivity contribution in [3.05, 3.63) is 96.5 Å². The zero-order chi connectivity index (χ0) is 28.8. The Balaban J connectivity index is 1.08. The number of ether oxygens (including phenoxy) is 1. The molecule has 214 valence electrons. The Morgan fingerprint density at radius 3 is 2.52 bits per heavy atom. The molecule has 12 heteroatoms. The van der Waals surface area contributed by atoms with Crippen LogP contribution in [0.4, 0.5) is 10.2 Å². The number of benzene rings is 1. The van der Waals surface area contributed by atoms with Gasteiger partial charge < -0.3 is 20.5 Å². The summed E-state index contributed by atoms with van der Waals surface area (Å²) in [5.74, 6) is 1.21. The van der Waals surface area contributed by atoms with Gasteiger partial charge in [0.05, 0.1) is 24.9 Å². The summed E-state index contributed by atoms with van der Waals surface area (Å²) in [4.78, 5) is 16.1. The molecule has 6 heterocycles. The smallest absolute Gasteiger partial charge is 0.156 e. The average Bonchev–Trinajstić information content (AvgIpc) is 3.77. The van der Waals surface area contributed by atoms with Crippen molar-refractivity contribution in [2.24, 2.45) is 5.73 Å². The zero-order valence-electron chi connectivity index (χ0n) is 23.0. The molecule has 1 fully saturated rings. The van der Waals surface area contributed by atoms with Crippen LogP contribution in [0.3, 0.4) is 0 Å². The number of anilines is 1. The Morgan fingerprint density at radius 1 is 1.00 bits per heavy atom. The maximum atomic E-state index is 13.4. The van der Waals surface area contributed by atoms with Gasteiger partial charge in [-0.1, -0.05) is 18.2 Å². The van der Waals surface area contributed by atoms with Crippen LogP contribution in [-0.4, -0.2) is 71.9 Å². The molecule has 1 unspecified atom stereocenters. The molecular weight excluding hydrogens is 537 g/mol. The number of nitrogens with two attached hydrogens (primary N) is 1. The van der Waals surface area contributed by atoms with Crippen molar-refractivity contribution in [1.29, 1.82) is 0 Å². The van der Waals surface area contributed by atoms with Crippen LogP contribution < -0.4 is 10.6 Å². The third-order valence-corrected chi connectivity index (χ3v) is 8.17. The van der Waals surface area contributed by atoms with E-state index < -0.39 is 11.6 Å². The molecule has 0 amide bonds. The summed E-state index contributed by atoms with van der Waals surface area (Å²) in [6.07, 6.45) is 13.1. The van der Waals surface area contributed by atoms with Gasteiger partial charge in [0.1, 0.15) is 29.8 Å². The quantitative estimate of drug-likeness (QED) is 0.318. The number of hydrogen-bond donors (Lipinski definition) is 2. The summed E-state index contributed by atoms with van der Waals surface area (Å²) in [6, 6.07) is 8.05. The van der Waals surface area contributed by atoms with Gasteiger partial charge in [0.15, 0.2) is 11.6 Å². The van der Waals surface area contributed by atoms with Gasteiger partial charge >= 0.3 is 0 Å². The highest BCUT2D eigenvalue weighted by Gasteiger charge is 2.29. The van der Waals surface area contributed by atoms with Crippen LogP contribution in [-0.2, 0) is 10.3 Å². The number of nitrogens with zero attached hydrogens (tertiary/aromatic N) is 8. The lowest BCUT2D eigenvalue weighted by Crippen LogP contribution is -2.34. The largest absolute Gasteiger partial charge is 0.388 e. The van der Waals surface area contributed by atoms with Gasteiger partial charge in [0.25, 0.3) is 0 Å². The molecule has 2 aliphatic rings. The summed E-state index contributed by atoms with van der Waals surface area (Å²) in [7, 11) is 0. The Bertz CT molecular complexity index is 1760. The van der Waals surface area contributed by atoms with Gasteiger partial charge in [-0.05, 0) is 42.7 Å². The van der Waals surface area contributed by atoms with Gasteiger partial charge in [-0.15, -0.1) is 0 Å². The van der Waals surface area contributed by atoms with E-state index in [1.54, 1.807) is 41.7 Å². The number of aliphatic hydroxyl groups is 1. The molecule has 4 aromatic heterocycles. The zero-order valence-corrected chi connectivity index (χ0v) is 23.0. The lowest BCUT2D eigenvalue weighted by molar-refractivity contribution is 0.118. The molecule has 3 atom stereocenters. The molecule has 1 aromatic carbocycles. The van der Waals surface area contributed by atoms with E-state index in [4.69, 9.17) is 10.5 Å². The predicted octanol–water partition coefficient (Wildman–Crippen LogP) is 2.97. The topological polar surface area (TPSA) is 133 Å². The monoisotopic (exact) mass is 567 g/mol. The van der Waals surface area contributed by atoms with Gasteiger partial charge in [-0.25, -0.2) is 23.9 Å². The maximum absolute atomic E-state index is 13.4. The van der Waals surface area contributed by atoms with Gasteiger partial charge in [-0.3, -0.25) is 4.68 Å². The molecule has 0 radical (unpaired) electrons. The molecular formula is C30H30FN9O2. The highest BCUT2D eigenvalue weighted by molar-refractivity contribution is 5.78. The summed E-state index contributed by atoms with van der Waals surface area (Å²) >= 11 is 0. The Labute approximate surface area is 241 Å². The van der Waals surface area contributed by atoms with Crippen LogP contribution in [0.2, 0.25) is 0 Å². The molecule has 3 N–H and O–H groups in total. The first kappa shape index (κ1) is 26.4. The van der Waals surface area contributed by atoms with E-state index in [0.29, 0.717) is 25.6 Å². The number of fused-ring (bicyclic) bond motifs is 1. The van der Waals surface area contributed by atoms with E-state index in [-0.39, 0.29) is 11.9 Å². The molecule has 1 saturated heterocycles. The third kappa shape index (κ3) is 4.73. The van der Waals surface area contributed by atoms with E-state index in [0.717, 1.165) is 52.1 Å². The van der Waals surface area contributed by atoms with E-state index in [1.807, 2.05) is 23.8 Å². The summed E-state index contributed by atoms with van der Waals surface area (Å²) in [5, 5.41) is 19.0. The summed E-state index contributed by atoms with van der Waals surface area (Å²) in [5.41, 5.74) is 11.1. The first-order valence-corrected chi connectivity index (χ1v) is 13.8. The molecule has 0 spiro atoms. The highest BCUT2D eigenvalue weighted by atomic mass is 19.1. The molecule has 42 heavy (non-hydrogen) atoms. The third-order valence-electron chi connectivity index (χ3n) is 8.17. The van der Waals surface area contributed by atoms with Crippen LogP contribution in [0.15, 0.2) is 73.7 Å². The molecule has 11 nitrogen and oxygen atoms in total. The lowest BCUT2D eigenvalue weighted by Gasteiger charge is -2.28. The molecule has 2 aliphatic heterocycles. The minimum absolute atomic E-state index is 0.185. The molecule has 5 aromatic rings. The fourth-order valence-electron chi connectivity index (χ4n) is 5.56. The second kappa shape index (κ2) is 10.4. The molecule has 0 aliphatic carbocycles. The van der Waals surface area contributed by atoms with Crippen molar-refractivity contribution in [2.75, 3.05) is 31.2 Å². The van der Waals surface area contributed by atoms with Crippen molar-refractivity contribution >= 4 is 16.9 Å². The fraction of sp³-hybridized carbons (Fsp3) is 0.300. The van der Waals surface area contributed by atoms with Crippen molar-refractivity contribution < 1.29 is 14.2 Å². The van der Waals surface area contributed by atoms with Gasteiger partial charge in [0.2, 0.25) is 0 Å². The number of aliphatic hydroxyl groups excluding tert-OH is 1. The number of hydrogen-bond acceptors (Lipinski definition) is 9. The van der Waals surface area contributed by atoms with Crippen molar-refractivity contribution in [2.45, 2.75) is 31.0 Å². The Kier molecular flexibility index (Phi) is 6.53. The molecule has 0 bridgehead atoms. The predicted molar refractivity (Wildman–Crippen MR) is 154 cm³/mol. The average molecular weight is 568 g/mol. The normalized spacial score (nSPS) is 20.6. The molecule has 0 saturated carbocycles. The van der Waals surface area contributed by atoms with Crippen LogP contribution in [0.5, 0.6) is 0 Å². The van der Waals surface area contributed by atoms with Gasteiger partial charge in [-0.2, -0.15) is 10.2 Å². The Morgan fingerprint density at radius 2 is 1.81 bits per heavy atom. The first-order valence-electron chi connectivity index (χ1n) is 13.8. The second-order valence-electron chi connectivity index (χ2n) is 11.0. The number of rotatable bonds is 6. The highest BCUT2D eigenvalue weighted by Crippen LogP contribution is 2.31. The Hall–Kier alpha value is -4.52. The van der Waals surface area contributed by atoms with E-state index >= 15 is 0 Å². The van der Waals surface area contributed by atoms with Crippen LogP contribution in [0.1, 0.15) is 36.3 Å². The van der Waals surface area contributed by atoms with E-state index in [9.17, 15) is 9.50 Å². The van der Waals surface area contributed by atoms with Crippen LogP contribution in [0, 0.1) is 5.82 Å². The fourth-order valence-corrected chi connectivity index (χ4v) is 5.56. The number of halogens is 1. The van der Waals surface area contributed by atoms with Crippen LogP contribution in [0.25, 0.3) is 22.2 Å². The molecule has 7 rings (SSSR count). The first-order chi connectivity index (χ1) is 20.4. The van der Waals surface area contributed by atoms with E-state index in [2.05, 4.69) is 42.2 Å². The van der Waals surface area contributed by atoms with Crippen molar-refractivity contribution in [3.8, 4) is 11.1 Å². The van der Waals surface area contributed by atoms with E-state index in [1.165, 1.54) is 12.1 Å². The van der Waals surface area contributed by atoms with Crippen molar-refractivity contribution in [3.63, 3.8) is 0 Å². The van der Waals surface area contributed by atoms with Crippen molar-refractivity contribution in [1.82, 2.24) is 34.3 Å². The SMILES string of the molecule is CC(N)(c1ccc(F)cc1)c1cnc(C2=CCN(c3ncnn4cc(-c5cnn([C@@H]6COC[C@@H]6O)c5)cc34)CC2)nc1. The summed E-state index contributed by atoms with van der Waals surface area (Å²) < 4.78 is 22.4. The second-order valence-corrected chi connectivity index (χ2v) is 11.0.